The molecule has 5 aromatic rings. The summed E-state index contributed by atoms with van der Waals surface area (Å²) in [4.78, 5) is 25.5. The van der Waals surface area contributed by atoms with Crippen LogP contribution in [0, 0.1) is 6.92 Å². The molecule has 39 heavy (non-hydrogen) atoms. The number of anilines is 2. The van der Waals surface area contributed by atoms with Gasteiger partial charge in [0.15, 0.2) is 10.9 Å². The van der Waals surface area contributed by atoms with Gasteiger partial charge in [0.2, 0.25) is 0 Å². The predicted octanol–water partition coefficient (Wildman–Crippen LogP) is 6.70. The summed E-state index contributed by atoms with van der Waals surface area (Å²) in [6, 6.07) is 31.2. The number of carbonyl (C=O) groups excluding carboxylic acids is 2. The van der Waals surface area contributed by atoms with E-state index >= 15 is 0 Å². The minimum Gasteiger partial charge on any atom is -0.489 e. The summed E-state index contributed by atoms with van der Waals surface area (Å²) in [5.41, 5.74) is 4.22. The van der Waals surface area contributed by atoms with Gasteiger partial charge in [-0.2, -0.15) is 0 Å². The van der Waals surface area contributed by atoms with Crippen LogP contribution in [0.4, 0.5) is 11.4 Å². The third kappa shape index (κ3) is 6.49. The highest BCUT2D eigenvalue weighted by Crippen LogP contribution is 2.23. The second-order valence-electron chi connectivity index (χ2n) is 8.84. The molecule has 1 aromatic heterocycles. The molecule has 5 rings (SSSR count). The zero-order valence-corrected chi connectivity index (χ0v) is 21.9. The molecular weight excluding hydrogens is 510 g/mol. The van der Waals surface area contributed by atoms with Crippen molar-refractivity contribution in [2.45, 2.75) is 13.5 Å². The maximum atomic E-state index is 12.8. The van der Waals surface area contributed by atoms with Crippen LogP contribution in [0.2, 0.25) is 0 Å². The second kappa shape index (κ2) is 11.6. The van der Waals surface area contributed by atoms with E-state index in [0.717, 1.165) is 16.5 Å². The van der Waals surface area contributed by atoms with Gasteiger partial charge in [0, 0.05) is 22.3 Å². The molecule has 0 aliphatic heterocycles. The summed E-state index contributed by atoms with van der Waals surface area (Å²) in [6.07, 6.45) is 0. The number of rotatable bonds is 7. The van der Waals surface area contributed by atoms with Gasteiger partial charge < -0.3 is 19.8 Å². The lowest BCUT2D eigenvalue weighted by atomic mass is 10.1. The molecule has 4 aromatic carbocycles. The van der Waals surface area contributed by atoms with Crippen molar-refractivity contribution in [3.8, 4) is 5.75 Å². The van der Waals surface area contributed by atoms with E-state index in [1.165, 1.54) is 0 Å². The SMILES string of the molecule is Cc1cc(NC(=S)NC(=O)c2cccc(OCc3ccccc3)c2)ccc1NC(=O)c1cc2ccccc2o1. The fourth-order valence-electron chi connectivity index (χ4n) is 3.97. The average Bonchev–Trinajstić information content (AvgIpc) is 3.39. The number of thiocarbonyl (C=S) groups is 1. The van der Waals surface area contributed by atoms with Crippen LogP contribution in [0.1, 0.15) is 32.0 Å². The molecule has 0 radical (unpaired) electrons. The average molecular weight is 536 g/mol. The van der Waals surface area contributed by atoms with Gasteiger partial charge in [-0.3, -0.25) is 14.9 Å². The number of carbonyl (C=O) groups is 2. The Labute approximate surface area is 230 Å². The summed E-state index contributed by atoms with van der Waals surface area (Å²) in [5.74, 6) is 0.120. The number of furan rings is 1. The molecule has 2 amide bonds. The van der Waals surface area contributed by atoms with Crippen LogP contribution in [0.15, 0.2) is 108 Å². The summed E-state index contributed by atoms with van der Waals surface area (Å²) >= 11 is 5.35. The highest BCUT2D eigenvalue weighted by Gasteiger charge is 2.14. The first-order chi connectivity index (χ1) is 18.9. The van der Waals surface area contributed by atoms with E-state index < -0.39 is 0 Å². The van der Waals surface area contributed by atoms with Gasteiger partial charge in [-0.25, -0.2) is 0 Å². The van der Waals surface area contributed by atoms with Crippen molar-refractivity contribution in [2.24, 2.45) is 0 Å². The molecule has 0 fully saturated rings. The first-order valence-electron chi connectivity index (χ1n) is 12.2. The van der Waals surface area contributed by atoms with Crippen LogP contribution in [-0.2, 0) is 6.61 Å². The number of ether oxygens (including phenoxy) is 1. The Balaban J connectivity index is 1.16. The molecule has 0 aliphatic rings. The fourth-order valence-corrected chi connectivity index (χ4v) is 4.18. The van der Waals surface area contributed by atoms with Crippen LogP contribution in [0.25, 0.3) is 11.0 Å². The minimum absolute atomic E-state index is 0.147. The highest BCUT2D eigenvalue weighted by atomic mass is 32.1. The molecule has 194 valence electrons. The number of fused-ring (bicyclic) bond motifs is 1. The molecule has 8 heteroatoms. The molecule has 0 unspecified atom stereocenters. The van der Waals surface area contributed by atoms with Crippen molar-refractivity contribution in [2.75, 3.05) is 10.6 Å². The molecular formula is C31H25N3O4S. The van der Waals surface area contributed by atoms with Crippen LogP contribution < -0.4 is 20.7 Å². The van der Waals surface area contributed by atoms with Crippen molar-refractivity contribution in [3.63, 3.8) is 0 Å². The number of nitrogens with one attached hydrogen (secondary N) is 3. The van der Waals surface area contributed by atoms with Gasteiger partial charge in [-0.1, -0.05) is 54.6 Å². The second-order valence-corrected chi connectivity index (χ2v) is 9.25. The molecule has 1 heterocycles. The Morgan fingerprint density at radius 1 is 0.821 bits per heavy atom. The maximum absolute atomic E-state index is 12.8. The largest absolute Gasteiger partial charge is 0.489 e. The summed E-state index contributed by atoms with van der Waals surface area (Å²) in [6.45, 7) is 2.27. The summed E-state index contributed by atoms with van der Waals surface area (Å²) < 4.78 is 11.5. The fraction of sp³-hybridized carbons (Fsp3) is 0.0645. The lowest BCUT2D eigenvalue weighted by Crippen LogP contribution is -2.34. The van der Waals surface area contributed by atoms with Crippen LogP contribution in [0.5, 0.6) is 5.75 Å². The van der Waals surface area contributed by atoms with E-state index in [4.69, 9.17) is 21.4 Å². The molecule has 0 atom stereocenters. The van der Waals surface area contributed by atoms with Gasteiger partial charge in [0.05, 0.1) is 0 Å². The maximum Gasteiger partial charge on any atom is 0.291 e. The third-order valence-corrected chi connectivity index (χ3v) is 6.16. The zero-order chi connectivity index (χ0) is 27.2. The molecule has 0 bridgehead atoms. The van der Waals surface area contributed by atoms with Crippen molar-refractivity contribution in [1.29, 1.82) is 0 Å². The first-order valence-corrected chi connectivity index (χ1v) is 12.7. The van der Waals surface area contributed by atoms with Crippen molar-refractivity contribution >= 4 is 51.5 Å². The van der Waals surface area contributed by atoms with Gasteiger partial charge >= 0.3 is 0 Å². The van der Waals surface area contributed by atoms with E-state index in [1.54, 1.807) is 42.5 Å². The summed E-state index contributed by atoms with van der Waals surface area (Å²) in [7, 11) is 0. The number of hydrogen-bond donors (Lipinski definition) is 3. The van der Waals surface area contributed by atoms with E-state index in [1.807, 2.05) is 67.6 Å². The number of para-hydroxylation sites is 1. The number of amides is 2. The lowest BCUT2D eigenvalue weighted by Gasteiger charge is -2.13. The Bertz CT molecular complexity index is 1630. The van der Waals surface area contributed by atoms with Crippen LogP contribution in [-0.4, -0.2) is 16.9 Å². The zero-order valence-electron chi connectivity index (χ0n) is 21.1. The van der Waals surface area contributed by atoms with E-state index in [9.17, 15) is 9.59 Å². The summed E-state index contributed by atoms with van der Waals surface area (Å²) in [5, 5.41) is 9.58. The minimum atomic E-state index is -0.357. The highest BCUT2D eigenvalue weighted by molar-refractivity contribution is 7.80. The van der Waals surface area contributed by atoms with Crippen molar-refractivity contribution in [1.82, 2.24) is 5.32 Å². The van der Waals surface area contributed by atoms with Gasteiger partial charge in [-0.15, -0.1) is 0 Å². The quantitative estimate of drug-likeness (QED) is 0.201. The predicted molar refractivity (Wildman–Crippen MR) is 156 cm³/mol. The Morgan fingerprint density at radius 2 is 1.62 bits per heavy atom. The standard InChI is InChI=1S/C31H25N3O4S/c1-20-16-24(14-15-26(20)33-30(36)28-18-22-10-5-6-13-27(22)38-28)32-31(39)34-29(35)23-11-7-12-25(17-23)37-19-21-8-3-2-4-9-21/h2-18H,19H2,1H3,(H,33,36)(H2,32,34,35,39). The Hall–Kier alpha value is -4.95. The van der Waals surface area contributed by atoms with Gasteiger partial charge in [0.25, 0.3) is 11.8 Å². The normalized spacial score (nSPS) is 10.6. The van der Waals surface area contributed by atoms with Crippen molar-refractivity contribution in [3.05, 3.63) is 126 Å². The van der Waals surface area contributed by atoms with Crippen molar-refractivity contribution < 1.29 is 18.7 Å². The van der Waals surface area contributed by atoms with Gasteiger partial charge in [0.1, 0.15) is 17.9 Å². The van der Waals surface area contributed by atoms with E-state index in [-0.39, 0.29) is 22.7 Å². The van der Waals surface area contributed by atoms with E-state index in [2.05, 4.69) is 16.0 Å². The molecule has 0 aliphatic carbocycles. The molecule has 0 saturated carbocycles. The van der Waals surface area contributed by atoms with Crippen LogP contribution in [0.3, 0.4) is 0 Å². The third-order valence-electron chi connectivity index (χ3n) is 5.95. The number of aryl methyl sites for hydroxylation is 1. The molecule has 0 spiro atoms. The van der Waals surface area contributed by atoms with E-state index in [0.29, 0.717) is 34.9 Å². The Kier molecular flexibility index (Phi) is 7.65. The molecule has 0 saturated heterocycles. The first kappa shape index (κ1) is 25.7. The van der Waals surface area contributed by atoms with Crippen LogP contribution >= 0.6 is 12.2 Å². The lowest BCUT2D eigenvalue weighted by molar-refractivity contribution is 0.0974. The number of hydrogen-bond acceptors (Lipinski definition) is 5. The monoisotopic (exact) mass is 535 g/mol. The topological polar surface area (TPSA) is 92.6 Å². The number of benzene rings is 4. The van der Waals surface area contributed by atoms with Gasteiger partial charge in [-0.05, 0) is 78.8 Å². The molecule has 3 N–H and O–H groups in total. The Morgan fingerprint density at radius 3 is 2.41 bits per heavy atom. The molecule has 7 nitrogen and oxygen atoms in total. The smallest absolute Gasteiger partial charge is 0.291 e.